The van der Waals surface area contributed by atoms with Gasteiger partial charge in [0.1, 0.15) is 5.82 Å². The van der Waals surface area contributed by atoms with E-state index in [4.69, 9.17) is 5.11 Å². The predicted octanol–water partition coefficient (Wildman–Crippen LogP) is 0.337. The molecule has 5 heteroatoms. The molecule has 82 valence electrons. The third-order valence-electron chi connectivity index (χ3n) is 2.73. The summed E-state index contributed by atoms with van der Waals surface area (Å²) in [6, 6.07) is 1.90. The van der Waals surface area contributed by atoms with Gasteiger partial charge in [-0.1, -0.05) is 0 Å². The lowest BCUT2D eigenvalue weighted by atomic mass is 10.1. The molecule has 1 aliphatic heterocycles. The summed E-state index contributed by atoms with van der Waals surface area (Å²) in [4.78, 5) is 10.6. The fourth-order valence-corrected chi connectivity index (χ4v) is 1.84. The summed E-state index contributed by atoms with van der Waals surface area (Å²) in [5.74, 6) is 1.96. The Hall–Kier alpha value is -1.36. The fraction of sp³-hybridized carbons (Fsp3) is 0.600. The first-order valence-electron chi connectivity index (χ1n) is 5.20. The second-order valence-electron chi connectivity index (χ2n) is 3.77. The molecular weight excluding hydrogens is 192 g/mol. The second kappa shape index (κ2) is 4.44. The molecule has 0 amide bonds. The summed E-state index contributed by atoms with van der Waals surface area (Å²) in [5, 5.41) is 12.0. The van der Waals surface area contributed by atoms with Crippen molar-refractivity contribution in [1.29, 1.82) is 0 Å². The first-order chi connectivity index (χ1) is 7.33. The Morgan fingerprint density at radius 3 is 3.20 bits per heavy atom. The van der Waals surface area contributed by atoms with Crippen LogP contribution in [0.25, 0.3) is 0 Å². The van der Waals surface area contributed by atoms with Crippen molar-refractivity contribution in [2.24, 2.45) is 5.92 Å². The van der Waals surface area contributed by atoms with E-state index in [1.807, 2.05) is 6.07 Å². The van der Waals surface area contributed by atoms with Crippen molar-refractivity contribution in [2.45, 2.75) is 6.42 Å². The highest BCUT2D eigenvalue weighted by Gasteiger charge is 2.22. The van der Waals surface area contributed by atoms with Crippen LogP contribution in [0.5, 0.6) is 0 Å². The molecule has 2 rings (SSSR count). The summed E-state index contributed by atoms with van der Waals surface area (Å²) in [6.07, 6.45) is 2.79. The van der Waals surface area contributed by atoms with E-state index in [2.05, 4.69) is 20.2 Å². The number of anilines is 2. The highest BCUT2D eigenvalue weighted by Crippen LogP contribution is 2.21. The smallest absolute Gasteiger partial charge is 0.224 e. The van der Waals surface area contributed by atoms with Gasteiger partial charge in [-0.15, -0.1) is 0 Å². The first kappa shape index (κ1) is 10.2. The van der Waals surface area contributed by atoms with E-state index in [9.17, 15) is 0 Å². The highest BCUT2D eigenvalue weighted by atomic mass is 16.3. The fourth-order valence-electron chi connectivity index (χ4n) is 1.84. The molecule has 1 unspecified atom stereocenters. The van der Waals surface area contributed by atoms with Crippen LogP contribution >= 0.6 is 0 Å². The Bertz CT molecular complexity index is 331. The lowest BCUT2D eigenvalue weighted by Crippen LogP contribution is -2.22. The van der Waals surface area contributed by atoms with Gasteiger partial charge in [-0.05, 0) is 12.5 Å². The summed E-state index contributed by atoms with van der Waals surface area (Å²) in [5.41, 5.74) is 0. The average Bonchev–Trinajstić information content (AvgIpc) is 2.78. The van der Waals surface area contributed by atoms with Crippen molar-refractivity contribution in [3.8, 4) is 0 Å². The van der Waals surface area contributed by atoms with E-state index in [0.29, 0.717) is 11.9 Å². The molecular formula is C10H16N4O. The van der Waals surface area contributed by atoms with Gasteiger partial charge in [0.25, 0.3) is 0 Å². The van der Waals surface area contributed by atoms with Gasteiger partial charge in [0.2, 0.25) is 5.95 Å². The van der Waals surface area contributed by atoms with E-state index in [0.717, 1.165) is 25.3 Å². The van der Waals surface area contributed by atoms with Crippen LogP contribution in [-0.4, -0.2) is 41.8 Å². The maximum atomic E-state index is 9.06. The lowest BCUT2D eigenvalue weighted by Gasteiger charge is -2.17. The van der Waals surface area contributed by atoms with Gasteiger partial charge in [-0.2, -0.15) is 4.98 Å². The van der Waals surface area contributed by atoms with E-state index in [-0.39, 0.29) is 6.61 Å². The monoisotopic (exact) mass is 208 g/mol. The Balaban J connectivity index is 2.09. The maximum absolute atomic E-state index is 9.06. The first-order valence-corrected chi connectivity index (χ1v) is 5.20. The third kappa shape index (κ3) is 2.18. The van der Waals surface area contributed by atoms with E-state index >= 15 is 0 Å². The molecule has 0 aromatic carbocycles. The molecule has 2 heterocycles. The summed E-state index contributed by atoms with van der Waals surface area (Å²) < 4.78 is 0. The minimum absolute atomic E-state index is 0.264. The Morgan fingerprint density at radius 1 is 1.67 bits per heavy atom. The van der Waals surface area contributed by atoms with Crippen LogP contribution in [0.2, 0.25) is 0 Å². The number of hydrogen-bond acceptors (Lipinski definition) is 5. The second-order valence-corrected chi connectivity index (χ2v) is 3.77. The zero-order valence-electron chi connectivity index (χ0n) is 8.85. The van der Waals surface area contributed by atoms with Crippen molar-refractivity contribution in [2.75, 3.05) is 37.0 Å². The molecule has 1 aromatic heterocycles. The molecule has 1 saturated heterocycles. The summed E-state index contributed by atoms with van der Waals surface area (Å²) in [7, 11) is 1.81. The number of rotatable bonds is 3. The standard InChI is InChI=1S/C10H16N4O/c1-11-10-12-4-2-9(13-10)14-5-3-8(6-14)7-15/h2,4,8,15H,3,5-7H2,1H3,(H,11,12,13). The number of nitrogens with zero attached hydrogens (tertiary/aromatic N) is 3. The molecule has 1 aliphatic rings. The Morgan fingerprint density at radius 2 is 2.53 bits per heavy atom. The molecule has 5 nitrogen and oxygen atoms in total. The van der Waals surface area contributed by atoms with Gasteiger partial charge >= 0.3 is 0 Å². The number of aliphatic hydroxyl groups is 1. The van der Waals surface area contributed by atoms with Crippen molar-refractivity contribution >= 4 is 11.8 Å². The van der Waals surface area contributed by atoms with E-state index < -0.39 is 0 Å². The normalized spacial score (nSPS) is 20.7. The van der Waals surface area contributed by atoms with Crippen LogP contribution in [0.4, 0.5) is 11.8 Å². The minimum Gasteiger partial charge on any atom is -0.396 e. The van der Waals surface area contributed by atoms with Crippen molar-refractivity contribution in [1.82, 2.24) is 9.97 Å². The third-order valence-corrected chi connectivity index (χ3v) is 2.73. The SMILES string of the molecule is CNc1nccc(N2CCC(CO)C2)n1. The molecule has 1 atom stereocenters. The maximum Gasteiger partial charge on any atom is 0.224 e. The number of aromatic nitrogens is 2. The van der Waals surface area contributed by atoms with Gasteiger partial charge in [0.05, 0.1) is 0 Å². The molecule has 0 saturated carbocycles. The van der Waals surface area contributed by atoms with Gasteiger partial charge in [0, 0.05) is 38.9 Å². The quantitative estimate of drug-likeness (QED) is 0.750. The van der Waals surface area contributed by atoms with Crippen molar-refractivity contribution in [3.63, 3.8) is 0 Å². The molecule has 1 aromatic rings. The van der Waals surface area contributed by atoms with Gasteiger partial charge in [-0.25, -0.2) is 4.98 Å². The van der Waals surface area contributed by atoms with Crippen LogP contribution in [-0.2, 0) is 0 Å². The molecule has 1 fully saturated rings. The van der Waals surface area contributed by atoms with Crippen molar-refractivity contribution < 1.29 is 5.11 Å². The zero-order valence-corrected chi connectivity index (χ0v) is 8.85. The van der Waals surface area contributed by atoms with Crippen LogP contribution in [0.15, 0.2) is 12.3 Å². The van der Waals surface area contributed by atoms with Crippen LogP contribution in [0.3, 0.4) is 0 Å². The predicted molar refractivity (Wildman–Crippen MR) is 59.0 cm³/mol. The summed E-state index contributed by atoms with van der Waals surface area (Å²) >= 11 is 0. The molecule has 0 aliphatic carbocycles. The molecule has 2 N–H and O–H groups in total. The summed E-state index contributed by atoms with van der Waals surface area (Å²) in [6.45, 7) is 2.11. The lowest BCUT2D eigenvalue weighted by molar-refractivity contribution is 0.238. The highest BCUT2D eigenvalue weighted by molar-refractivity contribution is 5.43. The molecule has 15 heavy (non-hydrogen) atoms. The van der Waals surface area contributed by atoms with Crippen molar-refractivity contribution in [3.05, 3.63) is 12.3 Å². The number of aliphatic hydroxyl groups excluding tert-OH is 1. The largest absolute Gasteiger partial charge is 0.396 e. The topological polar surface area (TPSA) is 61.3 Å². The Kier molecular flexibility index (Phi) is 3.01. The molecule has 0 radical (unpaired) electrons. The van der Waals surface area contributed by atoms with E-state index in [1.54, 1.807) is 13.2 Å². The van der Waals surface area contributed by atoms with Gasteiger partial charge < -0.3 is 15.3 Å². The Labute approximate surface area is 89.2 Å². The van der Waals surface area contributed by atoms with Gasteiger partial charge in [0.15, 0.2) is 0 Å². The van der Waals surface area contributed by atoms with Gasteiger partial charge in [-0.3, -0.25) is 0 Å². The van der Waals surface area contributed by atoms with E-state index in [1.165, 1.54) is 0 Å². The van der Waals surface area contributed by atoms with Crippen LogP contribution in [0.1, 0.15) is 6.42 Å². The molecule has 0 bridgehead atoms. The number of nitrogens with one attached hydrogen (secondary N) is 1. The zero-order chi connectivity index (χ0) is 10.7. The average molecular weight is 208 g/mol. The number of hydrogen-bond donors (Lipinski definition) is 2. The minimum atomic E-state index is 0.264. The molecule has 0 spiro atoms. The van der Waals surface area contributed by atoms with Crippen LogP contribution < -0.4 is 10.2 Å². The van der Waals surface area contributed by atoms with Crippen LogP contribution in [0, 0.1) is 5.92 Å².